The molecule has 2 N–H and O–H groups in total. The van der Waals surface area contributed by atoms with Crippen LogP contribution >= 0.6 is 0 Å². The topological polar surface area (TPSA) is 38.5 Å². The van der Waals surface area contributed by atoms with E-state index in [9.17, 15) is 0 Å². The molecule has 1 atom stereocenters. The lowest BCUT2D eigenvalue weighted by Gasteiger charge is -2.34. The van der Waals surface area contributed by atoms with Crippen LogP contribution in [0.25, 0.3) is 0 Å². The van der Waals surface area contributed by atoms with Crippen molar-refractivity contribution in [1.29, 1.82) is 0 Å². The summed E-state index contributed by atoms with van der Waals surface area (Å²) in [5.74, 6) is 0. The van der Waals surface area contributed by atoms with E-state index in [0.717, 1.165) is 32.4 Å². The van der Waals surface area contributed by atoms with Crippen molar-refractivity contribution in [2.24, 2.45) is 5.73 Å². The molecular formula is C18H32N2O. The largest absolute Gasteiger partial charge is 0.383 e. The van der Waals surface area contributed by atoms with Crippen molar-refractivity contribution in [3.8, 4) is 0 Å². The Morgan fingerprint density at radius 3 is 2.43 bits per heavy atom. The number of benzene rings is 1. The molecule has 0 amide bonds. The van der Waals surface area contributed by atoms with Crippen LogP contribution in [0.5, 0.6) is 0 Å². The van der Waals surface area contributed by atoms with Crippen LogP contribution in [0.15, 0.2) is 18.2 Å². The molecule has 0 radical (unpaired) electrons. The molecule has 0 spiro atoms. The van der Waals surface area contributed by atoms with Gasteiger partial charge in [-0.25, -0.2) is 0 Å². The molecule has 1 rings (SSSR count). The number of methoxy groups -OCH3 is 1. The number of nitrogens with two attached hydrogens (primary N) is 1. The van der Waals surface area contributed by atoms with Crippen LogP contribution in [0.1, 0.15) is 44.7 Å². The summed E-state index contributed by atoms with van der Waals surface area (Å²) < 4.78 is 5.31. The van der Waals surface area contributed by atoms with E-state index in [0.29, 0.717) is 6.04 Å². The molecule has 3 heteroatoms. The molecule has 0 bridgehead atoms. The second-order valence-electron chi connectivity index (χ2n) is 5.97. The lowest BCUT2D eigenvalue weighted by atomic mass is 10.00. The molecule has 0 aromatic heterocycles. The molecule has 21 heavy (non-hydrogen) atoms. The predicted molar refractivity (Wildman–Crippen MR) is 92.1 cm³/mol. The average Bonchev–Trinajstić information content (AvgIpc) is 2.44. The smallest absolute Gasteiger partial charge is 0.0637 e. The van der Waals surface area contributed by atoms with E-state index in [1.165, 1.54) is 16.8 Å². The van der Waals surface area contributed by atoms with Crippen molar-refractivity contribution < 1.29 is 4.74 Å². The molecule has 0 aliphatic heterocycles. The third kappa shape index (κ3) is 5.33. The number of anilines is 1. The summed E-state index contributed by atoms with van der Waals surface area (Å²) in [4.78, 5) is 2.50. The van der Waals surface area contributed by atoms with Crippen molar-refractivity contribution in [2.45, 2.75) is 59.0 Å². The Morgan fingerprint density at radius 2 is 1.90 bits per heavy atom. The van der Waals surface area contributed by atoms with Gasteiger partial charge in [-0.1, -0.05) is 31.5 Å². The van der Waals surface area contributed by atoms with Gasteiger partial charge in [0.15, 0.2) is 0 Å². The summed E-state index contributed by atoms with van der Waals surface area (Å²) in [6.07, 6.45) is 3.21. The van der Waals surface area contributed by atoms with Gasteiger partial charge in [0.25, 0.3) is 0 Å². The first-order valence-electron chi connectivity index (χ1n) is 8.14. The summed E-state index contributed by atoms with van der Waals surface area (Å²) in [6, 6.07) is 7.45. The fourth-order valence-corrected chi connectivity index (χ4v) is 2.92. The molecule has 0 heterocycles. The third-order valence-corrected chi connectivity index (χ3v) is 4.01. The van der Waals surface area contributed by atoms with Gasteiger partial charge in [0.1, 0.15) is 0 Å². The maximum atomic E-state index is 6.04. The standard InChI is InChI=1S/C18H32N2O/c1-6-17(7-2)20(10-11-21-5)18-9-8-14(3)12-16(18)13-15(4)19/h8-9,12,15,17H,6-7,10-11,13,19H2,1-5H3. The predicted octanol–water partition coefficient (Wildman–Crippen LogP) is 3.53. The second kappa shape index (κ2) is 9.06. The maximum absolute atomic E-state index is 6.04. The minimum absolute atomic E-state index is 0.177. The molecular weight excluding hydrogens is 260 g/mol. The van der Waals surface area contributed by atoms with E-state index in [4.69, 9.17) is 10.5 Å². The Hall–Kier alpha value is -1.06. The zero-order valence-electron chi connectivity index (χ0n) is 14.4. The molecule has 1 aromatic carbocycles. The van der Waals surface area contributed by atoms with Crippen LogP contribution in [-0.4, -0.2) is 32.3 Å². The van der Waals surface area contributed by atoms with Gasteiger partial charge in [-0.05, 0) is 44.7 Å². The van der Waals surface area contributed by atoms with E-state index < -0.39 is 0 Å². The van der Waals surface area contributed by atoms with E-state index in [1.807, 2.05) is 0 Å². The fourth-order valence-electron chi connectivity index (χ4n) is 2.92. The van der Waals surface area contributed by atoms with Gasteiger partial charge in [0.2, 0.25) is 0 Å². The van der Waals surface area contributed by atoms with Crippen LogP contribution in [-0.2, 0) is 11.2 Å². The van der Waals surface area contributed by atoms with Gasteiger partial charge < -0.3 is 15.4 Å². The highest BCUT2D eigenvalue weighted by Gasteiger charge is 2.19. The Morgan fingerprint density at radius 1 is 1.24 bits per heavy atom. The van der Waals surface area contributed by atoms with Gasteiger partial charge in [0, 0.05) is 31.4 Å². The Kier molecular flexibility index (Phi) is 7.76. The van der Waals surface area contributed by atoms with Gasteiger partial charge in [-0.2, -0.15) is 0 Å². The highest BCUT2D eigenvalue weighted by atomic mass is 16.5. The summed E-state index contributed by atoms with van der Waals surface area (Å²) >= 11 is 0. The Labute approximate surface area is 130 Å². The Balaban J connectivity index is 3.15. The molecule has 120 valence electrons. The molecule has 0 aliphatic rings. The first-order chi connectivity index (χ1) is 10.0. The molecule has 0 saturated heterocycles. The van der Waals surface area contributed by atoms with Crippen molar-refractivity contribution in [1.82, 2.24) is 0 Å². The van der Waals surface area contributed by atoms with Crippen molar-refractivity contribution in [3.05, 3.63) is 29.3 Å². The van der Waals surface area contributed by atoms with E-state index >= 15 is 0 Å². The second-order valence-corrected chi connectivity index (χ2v) is 5.97. The van der Waals surface area contributed by atoms with Crippen molar-refractivity contribution in [3.63, 3.8) is 0 Å². The lowest BCUT2D eigenvalue weighted by molar-refractivity contribution is 0.202. The summed E-state index contributed by atoms with van der Waals surface area (Å²) in [7, 11) is 1.77. The highest BCUT2D eigenvalue weighted by molar-refractivity contribution is 5.56. The zero-order chi connectivity index (χ0) is 15.8. The van der Waals surface area contributed by atoms with Crippen LogP contribution in [0.2, 0.25) is 0 Å². The number of ether oxygens (including phenoxy) is 1. The van der Waals surface area contributed by atoms with Crippen LogP contribution in [0, 0.1) is 6.92 Å². The molecule has 0 aliphatic carbocycles. The number of rotatable bonds is 9. The molecule has 1 unspecified atom stereocenters. The number of hydrogen-bond donors (Lipinski definition) is 1. The summed E-state index contributed by atoms with van der Waals surface area (Å²) in [5, 5.41) is 0. The van der Waals surface area contributed by atoms with E-state index in [-0.39, 0.29) is 6.04 Å². The van der Waals surface area contributed by atoms with E-state index in [1.54, 1.807) is 7.11 Å². The Bertz CT molecular complexity index is 414. The van der Waals surface area contributed by atoms with Gasteiger partial charge in [-0.15, -0.1) is 0 Å². The molecule has 0 saturated carbocycles. The average molecular weight is 292 g/mol. The monoisotopic (exact) mass is 292 g/mol. The van der Waals surface area contributed by atoms with Crippen molar-refractivity contribution in [2.75, 3.05) is 25.2 Å². The lowest BCUT2D eigenvalue weighted by Crippen LogP contribution is -2.38. The number of nitrogens with zero attached hydrogens (tertiary/aromatic N) is 1. The van der Waals surface area contributed by atoms with Gasteiger partial charge in [-0.3, -0.25) is 0 Å². The summed E-state index contributed by atoms with van der Waals surface area (Å²) in [5.41, 5.74) is 10.0. The summed E-state index contributed by atoms with van der Waals surface area (Å²) in [6.45, 7) is 10.4. The fraction of sp³-hybridized carbons (Fsp3) is 0.667. The SMILES string of the molecule is CCC(CC)N(CCOC)c1ccc(C)cc1CC(C)N. The van der Waals surface area contributed by atoms with Crippen LogP contribution < -0.4 is 10.6 Å². The highest BCUT2D eigenvalue weighted by Crippen LogP contribution is 2.27. The number of aryl methyl sites for hydroxylation is 1. The van der Waals surface area contributed by atoms with Gasteiger partial charge in [0.05, 0.1) is 6.61 Å². The number of hydrogen-bond acceptors (Lipinski definition) is 3. The van der Waals surface area contributed by atoms with Crippen LogP contribution in [0.4, 0.5) is 5.69 Å². The zero-order valence-corrected chi connectivity index (χ0v) is 14.4. The van der Waals surface area contributed by atoms with Crippen molar-refractivity contribution >= 4 is 5.69 Å². The minimum Gasteiger partial charge on any atom is -0.383 e. The first-order valence-corrected chi connectivity index (χ1v) is 8.14. The molecule has 1 aromatic rings. The molecule has 0 fully saturated rings. The third-order valence-electron chi connectivity index (χ3n) is 4.01. The van der Waals surface area contributed by atoms with Gasteiger partial charge >= 0.3 is 0 Å². The van der Waals surface area contributed by atoms with E-state index in [2.05, 4.69) is 50.8 Å². The minimum atomic E-state index is 0.177. The quantitative estimate of drug-likeness (QED) is 0.757. The molecule has 3 nitrogen and oxygen atoms in total. The first kappa shape index (κ1) is 18.0. The van der Waals surface area contributed by atoms with Crippen LogP contribution in [0.3, 0.4) is 0 Å². The maximum Gasteiger partial charge on any atom is 0.0637 e. The normalized spacial score (nSPS) is 12.7.